The van der Waals surface area contributed by atoms with E-state index in [1.165, 1.54) is 0 Å². The third-order valence-electron chi connectivity index (χ3n) is 4.00. The van der Waals surface area contributed by atoms with Gasteiger partial charge in [0, 0.05) is 17.5 Å². The molecular weight excluding hydrogens is 296 g/mol. The maximum atomic E-state index is 12.8. The molecule has 0 aromatic carbocycles. The molecule has 0 radical (unpaired) electrons. The van der Waals surface area contributed by atoms with Gasteiger partial charge in [0.15, 0.2) is 0 Å². The van der Waals surface area contributed by atoms with Crippen LogP contribution >= 0.6 is 11.3 Å². The van der Waals surface area contributed by atoms with Crippen molar-refractivity contribution in [1.82, 2.24) is 9.88 Å². The van der Waals surface area contributed by atoms with Crippen LogP contribution in [0.2, 0.25) is 0 Å². The minimum absolute atomic E-state index is 0.0459. The number of nitrogens with zero attached hydrogens (tertiary/aromatic N) is 2. The fourth-order valence-corrected chi connectivity index (χ4v) is 3.35. The molecule has 1 amide bonds. The zero-order valence-electron chi connectivity index (χ0n) is 13.1. The molecule has 0 spiro atoms. The van der Waals surface area contributed by atoms with Crippen molar-refractivity contribution < 1.29 is 9.53 Å². The van der Waals surface area contributed by atoms with E-state index in [4.69, 9.17) is 4.74 Å². The number of aryl methyl sites for hydroxylation is 1. The number of ether oxygens (including phenoxy) is 1. The SMILES string of the molecule is Cc1nc(-c2ccsc2)ccc1C(=O)N1C[C@H](C)OC[C@H]1C. The van der Waals surface area contributed by atoms with Crippen molar-refractivity contribution in [2.45, 2.75) is 32.9 Å². The Morgan fingerprint density at radius 1 is 1.36 bits per heavy atom. The minimum Gasteiger partial charge on any atom is -0.375 e. The maximum absolute atomic E-state index is 12.8. The van der Waals surface area contributed by atoms with Crippen molar-refractivity contribution in [3.63, 3.8) is 0 Å². The Balaban J connectivity index is 1.86. The predicted molar refractivity (Wildman–Crippen MR) is 88.2 cm³/mol. The lowest BCUT2D eigenvalue weighted by Gasteiger charge is -2.37. The van der Waals surface area contributed by atoms with Crippen LogP contribution in [-0.2, 0) is 4.74 Å². The van der Waals surface area contributed by atoms with E-state index in [1.807, 2.05) is 49.3 Å². The van der Waals surface area contributed by atoms with Crippen molar-refractivity contribution in [3.8, 4) is 11.3 Å². The zero-order valence-corrected chi connectivity index (χ0v) is 13.9. The minimum atomic E-state index is 0.0459. The Bertz CT molecular complexity index is 669. The third kappa shape index (κ3) is 2.91. The predicted octanol–water partition coefficient (Wildman–Crippen LogP) is 3.37. The topological polar surface area (TPSA) is 42.4 Å². The Morgan fingerprint density at radius 3 is 2.86 bits per heavy atom. The number of amides is 1. The monoisotopic (exact) mass is 316 g/mol. The van der Waals surface area contributed by atoms with Gasteiger partial charge in [-0.2, -0.15) is 11.3 Å². The molecule has 22 heavy (non-hydrogen) atoms. The lowest BCUT2D eigenvalue weighted by atomic mass is 10.1. The van der Waals surface area contributed by atoms with Crippen LogP contribution in [0.1, 0.15) is 29.9 Å². The maximum Gasteiger partial charge on any atom is 0.256 e. The summed E-state index contributed by atoms with van der Waals surface area (Å²) in [5.74, 6) is 0.0459. The lowest BCUT2D eigenvalue weighted by Crippen LogP contribution is -2.50. The number of thiophene rings is 1. The summed E-state index contributed by atoms with van der Waals surface area (Å²) in [5.41, 5.74) is 3.47. The summed E-state index contributed by atoms with van der Waals surface area (Å²) in [5, 5.41) is 4.09. The molecule has 116 valence electrons. The first-order chi connectivity index (χ1) is 10.6. The molecule has 1 saturated heterocycles. The highest BCUT2D eigenvalue weighted by molar-refractivity contribution is 7.08. The Kier molecular flexibility index (Phi) is 4.27. The van der Waals surface area contributed by atoms with Crippen LogP contribution < -0.4 is 0 Å². The standard InChI is InChI=1S/C17H20N2O2S/c1-11-9-21-12(2)8-19(11)17(20)15-4-5-16(18-13(15)3)14-6-7-22-10-14/h4-7,10-12H,8-9H2,1-3H3/t11-,12+/m1/s1. The van der Waals surface area contributed by atoms with E-state index in [1.54, 1.807) is 11.3 Å². The number of carbonyl (C=O) groups excluding carboxylic acids is 1. The number of aromatic nitrogens is 1. The molecular formula is C17H20N2O2S. The van der Waals surface area contributed by atoms with Gasteiger partial charge in [0.25, 0.3) is 5.91 Å². The van der Waals surface area contributed by atoms with Crippen molar-refractivity contribution in [2.75, 3.05) is 13.2 Å². The molecule has 2 aromatic rings. The average molecular weight is 316 g/mol. The summed E-state index contributed by atoms with van der Waals surface area (Å²) in [6, 6.07) is 5.96. The van der Waals surface area contributed by atoms with Crippen molar-refractivity contribution in [3.05, 3.63) is 40.2 Å². The summed E-state index contributed by atoms with van der Waals surface area (Å²) in [6.07, 6.45) is 0.0819. The number of carbonyl (C=O) groups is 1. The van der Waals surface area contributed by atoms with Crippen LogP contribution in [0, 0.1) is 6.92 Å². The average Bonchev–Trinajstić information content (AvgIpc) is 3.03. The number of hydrogen-bond donors (Lipinski definition) is 0. The van der Waals surface area contributed by atoms with Gasteiger partial charge in [-0.05, 0) is 44.4 Å². The molecule has 1 aliphatic heterocycles. The number of hydrogen-bond acceptors (Lipinski definition) is 4. The van der Waals surface area contributed by atoms with Gasteiger partial charge in [0.05, 0.1) is 35.7 Å². The van der Waals surface area contributed by atoms with E-state index < -0.39 is 0 Å². The highest BCUT2D eigenvalue weighted by Crippen LogP contribution is 2.23. The Morgan fingerprint density at radius 2 is 2.18 bits per heavy atom. The van der Waals surface area contributed by atoms with Gasteiger partial charge < -0.3 is 9.64 Å². The number of morpholine rings is 1. The van der Waals surface area contributed by atoms with Gasteiger partial charge in [-0.25, -0.2) is 0 Å². The Labute approximate surface area is 134 Å². The molecule has 0 bridgehead atoms. The van der Waals surface area contributed by atoms with Gasteiger partial charge in [0.2, 0.25) is 0 Å². The number of pyridine rings is 1. The smallest absolute Gasteiger partial charge is 0.256 e. The van der Waals surface area contributed by atoms with Crippen molar-refractivity contribution >= 4 is 17.2 Å². The normalized spacial score (nSPS) is 21.9. The molecule has 2 atom stereocenters. The first-order valence-electron chi connectivity index (χ1n) is 7.49. The first-order valence-corrected chi connectivity index (χ1v) is 8.43. The fourth-order valence-electron chi connectivity index (χ4n) is 2.70. The van der Waals surface area contributed by atoms with Crippen molar-refractivity contribution in [2.24, 2.45) is 0 Å². The summed E-state index contributed by atoms with van der Waals surface area (Å²) in [4.78, 5) is 19.3. The van der Waals surface area contributed by atoms with Gasteiger partial charge in [0.1, 0.15) is 0 Å². The van der Waals surface area contributed by atoms with E-state index in [0.29, 0.717) is 18.7 Å². The Hall–Kier alpha value is -1.72. The van der Waals surface area contributed by atoms with Gasteiger partial charge in [-0.1, -0.05) is 0 Å². The molecule has 0 N–H and O–H groups in total. The largest absolute Gasteiger partial charge is 0.375 e. The van der Waals surface area contributed by atoms with E-state index in [0.717, 1.165) is 17.0 Å². The van der Waals surface area contributed by atoms with Crippen LogP contribution in [0.5, 0.6) is 0 Å². The molecule has 0 saturated carbocycles. The molecule has 1 fully saturated rings. The second kappa shape index (κ2) is 6.18. The molecule has 0 aliphatic carbocycles. The summed E-state index contributed by atoms with van der Waals surface area (Å²) in [7, 11) is 0. The first kappa shape index (κ1) is 15.2. The number of rotatable bonds is 2. The van der Waals surface area contributed by atoms with E-state index in [2.05, 4.69) is 10.4 Å². The second-order valence-corrected chi connectivity index (χ2v) is 6.57. The molecule has 1 aliphatic rings. The van der Waals surface area contributed by atoms with Gasteiger partial charge in [-0.3, -0.25) is 9.78 Å². The summed E-state index contributed by atoms with van der Waals surface area (Å²) >= 11 is 1.64. The molecule has 3 heterocycles. The van der Waals surface area contributed by atoms with Crippen LogP contribution in [0.3, 0.4) is 0 Å². The highest BCUT2D eigenvalue weighted by atomic mass is 32.1. The molecule has 3 rings (SSSR count). The fraction of sp³-hybridized carbons (Fsp3) is 0.412. The second-order valence-electron chi connectivity index (χ2n) is 5.79. The van der Waals surface area contributed by atoms with E-state index >= 15 is 0 Å². The van der Waals surface area contributed by atoms with Crippen LogP contribution in [0.15, 0.2) is 29.0 Å². The molecule has 5 heteroatoms. The van der Waals surface area contributed by atoms with Crippen LogP contribution in [-0.4, -0.2) is 41.1 Å². The van der Waals surface area contributed by atoms with Gasteiger partial charge >= 0.3 is 0 Å². The van der Waals surface area contributed by atoms with Crippen LogP contribution in [0.25, 0.3) is 11.3 Å². The molecule has 2 aromatic heterocycles. The highest BCUT2D eigenvalue weighted by Gasteiger charge is 2.29. The lowest BCUT2D eigenvalue weighted by molar-refractivity contribution is -0.0387. The van der Waals surface area contributed by atoms with E-state index in [-0.39, 0.29) is 18.1 Å². The van der Waals surface area contributed by atoms with Crippen molar-refractivity contribution in [1.29, 1.82) is 0 Å². The summed E-state index contributed by atoms with van der Waals surface area (Å²) < 4.78 is 5.60. The summed E-state index contributed by atoms with van der Waals surface area (Å²) in [6.45, 7) is 7.14. The third-order valence-corrected chi connectivity index (χ3v) is 4.69. The quantitative estimate of drug-likeness (QED) is 0.853. The van der Waals surface area contributed by atoms with Crippen LogP contribution in [0.4, 0.5) is 0 Å². The van der Waals surface area contributed by atoms with Gasteiger partial charge in [-0.15, -0.1) is 0 Å². The van der Waals surface area contributed by atoms with E-state index in [9.17, 15) is 4.79 Å². The molecule has 0 unspecified atom stereocenters. The zero-order chi connectivity index (χ0) is 15.7. The molecule has 4 nitrogen and oxygen atoms in total.